The van der Waals surface area contributed by atoms with Crippen LogP contribution in [0, 0.1) is 6.92 Å². The van der Waals surface area contributed by atoms with E-state index in [4.69, 9.17) is 15.2 Å². The largest absolute Gasteiger partial charge is 0.492 e. The molecule has 0 atom stereocenters. The Kier molecular flexibility index (Phi) is 4.97. The van der Waals surface area contributed by atoms with E-state index < -0.39 is 0 Å². The normalized spacial score (nSPS) is 17.9. The number of hydrogen-bond acceptors (Lipinski definition) is 3. The Labute approximate surface area is 130 Å². The number of ether oxygens (including phenoxy) is 2. The lowest BCUT2D eigenvalue weighted by Crippen LogP contribution is -2.38. The summed E-state index contributed by atoms with van der Waals surface area (Å²) in [6.45, 7) is 2.79. The average molecular weight is 342 g/mol. The summed E-state index contributed by atoms with van der Waals surface area (Å²) in [6.07, 6.45) is 6.03. The minimum Gasteiger partial charge on any atom is -0.492 e. The monoisotopic (exact) mass is 341 g/mol. The van der Waals surface area contributed by atoms with E-state index in [1.165, 1.54) is 30.4 Å². The van der Waals surface area contributed by atoms with Crippen molar-refractivity contribution >= 4 is 15.9 Å². The molecule has 0 heterocycles. The summed E-state index contributed by atoms with van der Waals surface area (Å²) in [5, 5.41) is 0. The molecule has 0 aromatic heterocycles. The Bertz CT molecular complexity index is 482. The van der Waals surface area contributed by atoms with Gasteiger partial charge in [0.05, 0.1) is 18.7 Å². The van der Waals surface area contributed by atoms with Gasteiger partial charge in [0, 0.05) is 17.5 Å². The molecule has 0 aliphatic heterocycles. The Morgan fingerprint density at radius 2 is 1.75 bits per heavy atom. The second kappa shape index (κ2) is 6.35. The van der Waals surface area contributed by atoms with Crippen LogP contribution in [0.1, 0.15) is 43.2 Å². The number of hydrogen-bond donors (Lipinski definition) is 1. The van der Waals surface area contributed by atoms with E-state index in [9.17, 15) is 0 Å². The number of halogens is 1. The van der Waals surface area contributed by atoms with E-state index in [1.54, 1.807) is 14.2 Å². The molecule has 0 saturated heterocycles. The summed E-state index contributed by atoms with van der Waals surface area (Å²) in [5.41, 5.74) is 8.68. The first kappa shape index (κ1) is 15.6. The van der Waals surface area contributed by atoms with Gasteiger partial charge in [0.25, 0.3) is 0 Å². The molecule has 0 radical (unpaired) electrons. The Morgan fingerprint density at radius 3 is 2.25 bits per heavy atom. The van der Waals surface area contributed by atoms with E-state index >= 15 is 0 Å². The Balaban J connectivity index is 2.65. The van der Waals surface area contributed by atoms with E-state index in [-0.39, 0.29) is 5.41 Å². The maximum atomic E-state index is 6.18. The van der Waals surface area contributed by atoms with Gasteiger partial charge in [-0.05, 0) is 47.3 Å². The maximum absolute atomic E-state index is 6.18. The molecule has 112 valence electrons. The quantitative estimate of drug-likeness (QED) is 0.902. The van der Waals surface area contributed by atoms with Gasteiger partial charge < -0.3 is 15.2 Å². The molecule has 0 amide bonds. The lowest BCUT2D eigenvalue weighted by atomic mass is 9.68. The minimum atomic E-state index is 0.0294. The molecule has 0 spiro atoms. The van der Waals surface area contributed by atoms with Crippen LogP contribution in [-0.2, 0) is 5.41 Å². The van der Waals surface area contributed by atoms with Crippen molar-refractivity contribution < 1.29 is 9.47 Å². The zero-order valence-corrected chi connectivity index (χ0v) is 14.2. The van der Waals surface area contributed by atoms with E-state index in [1.807, 2.05) is 0 Å². The highest BCUT2D eigenvalue weighted by molar-refractivity contribution is 9.10. The number of methoxy groups -OCH3 is 2. The van der Waals surface area contributed by atoms with Crippen LogP contribution >= 0.6 is 15.9 Å². The first-order valence-electron chi connectivity index (χ1n) is 7.21. The number of benzene rings is 1. The molecule has 1 fully saturated rings. The van der Waals surface area contributed by atoms with Crippen LogP contribution < -0.4 is 15.2 Å². The number of rotatable bonds is 4. The predicted molar refractivity (Wildman–Crippen MR) is 85.8 cm³/mol. The Hall–Kier alpha value is -0.740. The fraction of sp³-hybridized carbons (Fsp3) is 0.625. The van der Waals surface area contributed by atoms with Gasteiger partial charge in [-0.2, -0.15) is 0 Å². The van der Waals surface area contributed by atoms with Gasteiger partial charge in [0.15, 0.2) is 11.5 Å². The second-order valence-electron chi connectivity index (χ2n) is 5.66. The molecule has 3 nitrogen and oxygen atoms in total. The fourth-order valence-corrected chi connectivity index (χ4v) is 4.24. The molecule has 4 heteroatoms. The molecule has 0 bridgehead atoms. The lowest BCUT2D eigenvalue weighted by Gasteiger charge is -2.39. The summed E-state index contributed by atoms with van der Waals surface area (Å²) in [4.78, 5) is 0. The van der Waals surface area contributed by atoms with Gasteiger partial charge in [-0.1, -0.05) is 19.3 Å². The smallest absolute Gasteiger partial charge is 0.175 e. The van der Waals surface area contributed by atoms with E-state index in [0.717, 1.165) is 28.8 Å². The van der Waals surface area contributed by atoms with Crippen molar-refractivity contribution in [1.82, 2.24) is 0 Å². The van der Waals surface area contributed by atoms with Gasteiger partial charge in [0.1, 0.15) is 0 Å². The fourth-order valence-electron chi connectivity index (χ4n) is 3.56. The highest BCUT2D eigenvalue weighted by Crippen LogP contribution is 2.49. The first-order valence-corrected chi connectivity index (χ1v) is 8.00. The van der Waals surface area contributed by atoms with Gasteiger partial charge in [-0.3, -0.25) is 0 Å². The van der Waals surface area contributed by atoms with E-state index in [2.05, 4.69) is 28.9 Å². The number of aryl methyl sites for hydroxylation is 1. The third-order valence-corrected chi connectivity index (χ3v) is 5.12. The SMILES string of the molecule is COc1c(Br)cc(C)c(C2(CN)CCCCC2)c1OC. The summed E-state index contributed by atoms with van der Waals surface area (Å²) in [5.74, 6) is 1.61. The molecule has 2 rings (SSSR count). The van der Waals surface area contributed by atoms with E-state index in [0.29, 0.717) is 6.54 Å². The van der Waals surface area contributed by atoms with Gasteiger partial charge in [-0.25, -0.2) is 0 Å². The molecule has 2 N–H and O–H groups in total. The van der Waals surface area contributed by atoms with Crippen molar-refractivity contribution in [3.63, 3.8) is 0 Å². The molecular formula is C16H24BrNO2. The highest BCUT2D eigenvalue weighted by atomic mass is 79.9. The van der Waals surface area contributed by atoms with Crippen molar-refractivity contribution in [2.45, 2.75) is 44.4 Å². The van der Waals surface area contributed by atoms with Gasteiger partial charge in [0.2, 0.25) is 0 Å². The Morgan fingerprint density at radius 1 is 1.15 bits per heavy atom. The molecular weight excluding hydrogens is 318 g/mol. The minimum absolute atomic E-state index is 0.0294. The van der Waals surface area contributed by atoms with Gasteiger partial charge in [-0.15, -0.1) is 0 Å². The first-order chi connectivity index (χ1) is 9.59. The van der Waals surface area contributed by atoms with Crippen LogP contribution in [0.2, 0.25) is 0 Å². The van der Waals surface area contributed by atoms with Crippen molar-refractivity contribution in [3.05, 3.63) is 21.7 Å². The van der Waals surface area contributed by atoms with Gasteiger partial charge >= 0.3 is 0 Å². The summed E-state index contributed by atoms with van der Waals surface area (Å²) >= 11 is 3.56. The number of nitrogens with two attached hydrogens (primary N) is 1. The summed E-state index contributed by atoms with van der Waals surface area (Å²) in [7, 11) is 3.39. The average Bonchev–Trinajstić information content (AvgIpc) is 2.47. The molecule has 1 aliphatic rings. The molecule has 0 unspecified atom stereocenters. The third-order valence-electron chi connectivity index (χ3n) is 4.53. The lowest BCUT2D eigenvalue weighted by molar-refractivity contribution is 0.279. The van der Waals surface area contributed by atoms with Crippen molar-refractivity contribution in [3.8, 4) is 11.5 Å². The zero-order chi connectivity index (χ0) is 14.8. The summed E-state index contributed by atoms with van der Waals surface area (Å²) < 4.78 is 12.2. The van der Waals surface area contributed by atoms with Crippen LogP contribution in [0.15, 0.2) is 10.5 Å². The standard InChI is InChI=1S/C16H24BrNO2/c1-11-9-12(17)14(19-2)15(20-3)13(11)16(10-18)7-5-4-6-8-16/h9H,4-8,10,18H2,1-3H3. The highest BCUT2D eigenvalue weighted by Gasteiger charge is 2.37. The van der Waals surface area contributed by atoms with Crippen LogP contribution in [0.3, 0.4) is 0 Å². The second-order valence-corrected chi connectivity index (χ2v) is 6.52. The zero-order valence-electron chi connectivity index (χ0n) is 12.6. The predicted octanol–water partition coefficient (Wildman–Crippen LogP) is 3.94. The molecule has 1 saturated carbocycles. The van der Waals surface area contributed by atoms with Crippen LogP contribution in [0.25, 0.3) is 0 Å². The maximum Gasteiger partial charge on any atom is 0.175 e. The van der Waals surface area contributed by atoms with Crippen molar-refractivity contribution in [2.24, 2.45) is 5.73 Å². The topological polar surface area (TPSA) is 44.5 Å². The van der Waals surface area contributed by atoms with Crippen LogP contribution in [-0.4, -0.2) is 20.8 Å². The molecule has 1 aromatic carbocycles. The van der Waals surface area contributed by atoms with Crippen molar-refractivity contribution in [2.75, 3.05) is 20.8 Å². The molecule has 20 heavy (non-hydrogen) atoms. The molecule has 1 aromatic rings. The third kappa shape index (κ3) is 2.56. The molecule has 1 aliphatic carbocycles. The van der Waals surface area contributed by atoms with Crippen LogP contribution in [0.4, 0.5) is 0 Å². The van der Waals surface area contributed by atoms with Crippen molar-refractivity contribution in [1.29, 1.82) is 0 Å². The summed E-state index contributed by atoms with van der Waals surface area (Å²) in [6, 6.07) is 2.11. The van der Waals surface area contributed by atoms with Crippen LogP contribution in [0.5, 0.6) is 11.5 Å².